The molecule has 0 fully saturated rings. The first-order chi connectivity index (χ1) is 9.31. The fraction of sp³-hybridized carbons (Fsp3) is 0.562. The number of carboxylic acids is 1. The number of ether oxygens (including phenoxy) is 1. The van der Waals surface area contributed by atoms with Gasteiger partial charge in [0.15, 0.2) is 0 Å². The van der Waals surface area contributed by atoms with Crippen LogP contribution in [0.5, 0.6) is 5.75 Å². The van der Waals surface area contributed by atoms with Crippen molar-refractivity contribution in [2.45, 2.75) is 39.8 Å². The highest BCUT2D eigenvalue weighted by molar-refractivity contribution is 5.69. The van der Waals surface area contributed by atoms with E-state index in [0.717, 1.165) is 11.3 Å². The summed E-state index contributed by atoms with van der Waals surface area (Å²) >= 11 is 0. The number of carboxylic acid groups (broad SMARTS) is 1. The maximum Gasteiger partial charge on any atom is 0.307 e. The molecule has 0 saturated carbocycles. The molecule has 1 rings (SSSR count). The molecule has 0 radical (unpaired) electrons. The molecule has 0 amide bonds. The Hall–Kier alpha value is -1.55. The van der Waals surface area contributed by atoms with Crippen molar-refractivity contribution in [2.24, 2.45) is 5.92 Å². The number of hydrogen-bond acceptors (Lipinski definition) is 3. The second kappa shape index (κ2) is 7.29. The van der Waals surface area contributed by atoms with Gasteiger partial charge in [0.2, 0.25) is 0 Å². The van der Waals surface area contributed by atoms with E-state index in [2.05, 4.69) is 11.8 Å². The van der Waals surface area contributed by atoms with Crippen LogP contribution in [0.2, 0.25) is 0 Å². The molecule has 0 heterocycles. The van der Waals surface area contributed by atoms with Crippen molar-refractivity contribution in [3.8, 4) is 5.75 Å². The third-order valence-corrected chi connectivity index (χ3v) is 3.38. The molecule has 0 spiro atoms. The Morgan fingerprint density at radius 2 is 1.75 bits per heavy atom. The highest BCUT2D eigenvalue weighted by atomic mass is 16.5. The smallest absolute Gasteiger partial charge is 0.307 e. The van der Waals surface area contributed by atoms with E-state index in [1.165, 1.54) is 0 Å². The first-order valence-electron chi connectivity index (χ1n) is 7.01. The van der Waals surface area contributed by atoms with Gasteiger partial charge >= 0.3 is 5.97 Å². The molecule has 0 aliphatic carbocycles. The molecule has 2 atom stereocenters. The Kier molecular flexibility index (Phi) is 6.02. The molecule has 0 aliphatic rings. The van der Waals surface area contributed by atoms with Gasteiger partial charge in [0.05, 0.1) is 12.0 Å². The molecule has 0 aromatic heterocycles. The molecule has 4 nitrogen and oxygen atoms in total. The molecule has 1 aromatic carbocycles. The van der Waals surface area contributed by atoms with E-state index in [-0.39, 0.29) is 18.1 Å². The minimum Gasteiger partial charge on any atom is -0.491 e. The fourth-order valence-electron chi connectivity index (χ4n) is 2.02. The summed E-state index contributed by atoms with van der Waals surface area (Å²) in [7, 11) is 1.95. The summed E-state index contributed by atoms with van der Waals surface area (Å²) in [5.74, 6) is -0.270. The summed E-state index contributed by atoms with van der Waals surface area (Å²) in [6.45, 7) is 8.33. The van der Waals surface area contributed by atoms with E-state index in [1.54, 1.807) is 6.92 Å². The van der Waals surface area contributed by atoms with Crippen LogP contribution < -0.4 is 4.74 Å². The van der Waals surface area contributed by atoms with Crippen molar-refractivity contribution in [1.29, 1.82) is 0 Å². The Balaban J connectivity index is 2.66. The number of hydrogen-bond donors (Lipinski definition) is 1. The van der Waals surface area contributed by atoms with Crippen LogP contribution in [0.15, 0.2) is 24.3 Å². The monoisotopic (exact) mass is 279 g/mol. The van der Waals surface area contributed by atoms with Crippen molar-refractivity contribution in [2.75, 3.05) is 13.6 Å². The molecule has 20 heavy (non-hydrogen) atoms. The molecule has 4 heteroatoms. The lowest BCUT2D eigenvalue weighted by atomic mass is 10.1. The quantitative estimate of drug-likeness (QED) is 0.832. The van der Waals surface area contributed by atoms with Crippen LogP contribution in [-0.2, 0) is 4.79 Å². The fourth-order valence-corrected chi connectivity index (χ4v) is 2.02. The molecule has 0 saturated heterocycles. The molecule has 112 valence electrons. The molecular weight excluding hydrogens is 254 g/mol. The molecule has 2 unspecified atom stereocenters. The van der Waals surface area contributed by atoms with Gasteiger partial charge in [-0.2, -0.15) is 0 Å². The summed E-state index contributed by atoms with van der Waals surface area (Å²) in [6, 6.07) is 8.15. The van der Waals surface area contributed by atoms with Crippen molar-refractivity contribution >= 4 is 5.97 Å². The molecule has 1 aromatic rings. The van der Waals surface area contributed by atoms with Gasteiger partial charge in [-0.05, 0) is 45.5 Å². The van der Waals surface area contributed by atoms with Gasteiger partial charge in [-0.3, -0.25) is 9.69 Å². The SMILES string of the molecule is CC(C)Oc1ccc(C(C)N(C)CC(C)C(=O)O)cc1. The minimum atomic E-state index is -0.760. The van der Waals surface area contributed by atoms with Crippen molar-refractivity contribution in [3.05, 3.63) is 29.8 Å². The van der Waals surface area contributed by atoms with Crippen LogP contribution in [0.3, 0.4) is 0 Å². The summed E-state index contributed by atoms with van der Waals surface area (Å²) in [4.78, 5) is 13.0. The predicted molar refractivity (Wildman–Crippen MR) is 80.1 cm³/mol. The first-order valence-corrected chi connectivity index (χ1v) is 7.01. The Morgan fingerprint density at radius 3 is 2.20 bits per heavy atom. The van der Waals surface area contributed by atoms with Gasteiger partial charge in [-0.1, -0.05) is 19.1 Å². The van der Waals surface area contributed by atoms with E-state index in [9.17, 15) is 4.79 Å². The van der Waals surface area contributed by atoms with E-state index in [0.29, 0.717) is 6.54 Å². The van der Waals surface area contributed by atoms with Crippen molar-refractivity contribution in [3.63, 3.8) is 0 Å². The Bertz CT molecular complexity index is 428. The zero-order valence-electron chi connectivity index (χ0n) is 13.0. The second-order valence-electron chi connectivity index (χ2n) is 5.59. The zero-order valence-corrected chi connectivity index (χ0v) is 13.0. The lowest BCUT2D eigenvalue weighted by Gasteiger charge is -2.26. The first kappa shape index (κ1) is 16.5. The Morgan fingerprint density at radius 1 is 1.20 bits per heavy atom. The molecule has 0 bridgehead atoms. The van der Waals surface area contributed by atoms with Crippen molar-refractivity contribution in [1.82, 2.24) is 4.90 Å². The van der Waals surface area contributed by atoms with Crippen LogP contribution in [0, 0.1) is 5.92 Å². The summed E-state index contributed by atoms with van der Waals surface area (Å²) in [5.41, 5.74) is 1.15. The van der Waals surface area contributed by atoms with Gasteiger partial charge < -0.3 is 9.84 Å². The molecular formula is C16H25NO3. The highest BCUT2D eigenvalue weighted by Crippen LogP contribution is 2.22. The third-order valence-electron chi connectivity index (χ3n) is 3.38. The molecule has 1 N–H and O–H groups in total. The topological polar surface area (TPSA) is 49.8 Å². The predicted octanol–water partition coefficient (Wildman–Crippen LogP) is 3.19. The normalized spacial score (nSPS) is 14.3. The summed E-state index contributed by atoms with van der Waals surface area (Å²) in [6.07, 6.45) is 0.164. The number of nitrogens with zero attached hydrogens (tertiary/aromatic N) is 1. The summed E-state index contributed by atoms with van der Waals surface area (Å²) in [5, 5.41) is 8.96. The van der Waals surface area contributed by atoms with Gasteiger partial charge in [-0.25, -0.2) is 0 Å². The van der Waals surface area contributed by atoms with Crippen LogP contribution >= 0.6 is 0 Å². The lowest BCUT2D eigenvalue weighted by Crippen LogP contribution is -2.30. The van der Waals surface area contributed by atoms with E-state index in [4.69, 9.17) is 9.84 Å². The minimum absolute atomic E-state index is 0.164. The average Bonchev–Trinajstić information content (AvgIpc) is 2.37. The number of aliphatic carboxylic acids is 1. The van der Waals surface area contributed by atoms with E-state index < -0.39 is 5.97 Å². The van der Waals surface area contributed by atoms with Gasteiger partial charge in [0.1, 0.15) is 5.75 Å². The number of benzene rings is 1. The maximum atomic E-state index is 10.9. The van der Waals surface area contributed by atoms with E-state index in [1.807, 2.05) is 45.2 Å². The van der Waals surface area contributed by atoms with Crippen LogP contribution in [-0.4, -0.2) is 35.7 Å². The number of rotatable bonds is 7. The van der Waals surface area contributed by atoms with Crippen molar-refractivity contribution < 1.29 is 14.6 Å². The molecule has 0 aliphatic heterocycles. The van der Waals surface area contributed by atoms with Crippen LogP contribution in [0.4, 0.5) is 0 Å². The van der Waals surface area contributed by atoms with Gasteiger partial charge in [-0.15, -0.1) is 0 Å². The second-order valence-corrected chi connectivity index (χ2v) is 5.59. The zero-order chi connectivity index (χ0) is 15.3. The number of carbonyl (C=O) groups is 1. The summed E-state index contributed by atoms with van der Waals surface area (Å²) < 4.78 is 5.61. The largest absolute Gasteiger partial charge is 0.491 e. The van der Waals surface area contributed by atoms with Gasteiger partial charge in [0, 0.05) is 12.6 Å². The highest BCUT2D eigenvalue weighted by Gasteiger charge is 2.18. The third kappa shape index (κ3) is 4.85. The Labute approximate surface area is 121 Å². The standard InChI is InChI=1S/C16H25NO3/c1-11(2)20-15-8-6-14(7-9-15)13(4)17(5)10-12(3)16(18)19/h6-9,11-13H,10H2,1-5H3,(H,18,19). The van der Waals surface area contributed by atoms with Gasteiger partial charge in [0.25, 0.3) is 0 Å². The lowest BCUT2D eigenvalue weighted by molar-refractivity contribution is -0.141. The average molecular weight is 279 g/mol. The van der Waals surface area contributed by atoms with Crippen LogP contribution in [0.1, 0.15) is 39.3 Å². The maximum absolute atomic E-state index is 10.9. The van der Waals surface area contributed by atoms with Crippen LogP contribution in [0.25, 0.3) is 0 Å². The van der Waals surface area contributed by atoms with E-state index >= 15 is 0 Å².